The van der Waals surface area contributed by atoms with E-state index in [9.17, 15) is 5.11 Å². The summed E-state index contributed by atoms with van der Waals surface area (Å²) in [6, 6.07) is 8.79. The fourth-order valence-corrected chi connectivity index (χ4v) is 3.53. The van der Waals surface area contributed by atoms with Crippen molar-refractivity contribution in [1.29, 1.82) is 0 Å². The third-order valence-electron chi connectivity index (χ3n) is 4.09. The summed E-state index contributed by atoms with van der Waals surface area (Å²) in [5.41, 5.74) is 7.60. The highest BCUT2D eigenvalue weighted by Gasteiger charge is 2.34. The van der Waals surface area contributed by atoms with Gasteiger partial charge in [0.2, 0.25) is 0 Å². The van der Waals surface area contributed by atoms with Crippen LogP contribution in [0.3, 0.4) is 0 Å². The van der Waals surface area contributed by atoms with Crippen molar-refractivity contribution in [3.8, 4) is 0 Å². The maximum atomic E-state index is 9.56. The summed E-state index contributed by atoms with van der Waals surface area (Å²) < 4.78 is 1.10. The predicted octanol–water partition coefficient (Wildman–Crippen LogP) is 2.68. The van der Waals surface area contributed by atoms with Crippen molar-refractivity contribution in [3.63, 3.8) is 0 Å². The fourth-order valence-electron chi connectivity index (χ4n) is 3.01. The number of benzene rings is 1. The molecule has 0 spiro atoms. The van der Waals surface area contributed by atoms with E-state index < -0.39 is 0 Å². The molecule has 3 N–H and O–H groups in total. The first-order valence-electron chi connectivity index (χ1n) is 7.05. The van der Waals surface area contributed by atoms with Gasteiger partial charge in [-0.15, -0.1) is 0 Å². The van der Waals surface area contributed by atoms with Crippen LogP contribution in [0.25, 0.3) is 0 Å². The molecule has 3 atom stereocenters. The number of likely N-dealkylation sites (tertiary alicyclic amines) is 1. The van der Waals surface area contributed by atoms with E-state index in [2.05, 4.69) is 46.0 Å². The number of nitrogens with two attached hydrogens (primary N) is 1. The summed E-state index contributed by atoms with van der Waals surface area (Å²) in [6.07, 6.45) is 3.14. The molecule has 106 valence electrons. The van der Waals surface area contributed by atoms with E-state index in [0.717, 1.165) is 30.3 Å². The topological polar surface area (TPSA) is 49.5 Å². The van der Waals surface area contributed by atoms with E-state index in [4.69, 9.17) is 5.73 Å². The number of nitrogens with zero attached hydrogens (tertiary/aromatic N) is 1. The van der Waals surface area contributed by atoms with Crippen LogP contribution in [0, 0.1) is 0 Å². The molecule has 3 nitrogen and oxygen atoms in total. The van der Waals surface area contributed by atoms with E-state index in [-0.39, 0.29) is 24.7 Å². The maximum absolute atomic E-state index is 9.56. The molecule has 2 rings (SSSR count). The minimum absolute atomic E-state index is 0.0887. The van der Waals surface area contributed by atoms with Crippen molar-refractivity contribution in [2.24, 2.45) is 5.73 Å². The largest absolute Gasteiger partial charge is 0.395 e. The van der Waals surface area contributed by atoms with Gasteiger partial charge < -0.3 is 10.8 Å². The molecule has 0 aliphatic carbocycles. The van der Waals surface area contributed by atoms with Crippen LogP contribution < -0.4 is 5.73 Å². The van der Waals surface area contributed by atoms with E-state index in [1.807, 2.05) is 6.07 Å². The summed E-state index contributed by atoms with van der Waals surface area (Å²) in [5.74, 6) is 0. The van der Waals surface area contributed by atoms with Gasteiger partial charge in [-0.25, -0.2) is 0 Å². The number of rotatable bonds is 5. The van der Waals surface area contributed by atoms with Crippen molar-refractivity contribution in [1.82, 2.24) is 4.90 Å². The normalized spacial score (nSPS) is 23.5. The first kappa shape index (κ1) is 15.0. The molecule has 0 saturated carbocycles. The summed E-state index contributed by atoms with van der Waals surface area (Å²) in [4.78, 5) is 2.38. The third-order valence-corrected chi connectivity index (χ3v) is 4.81. The number of halogens is 1. The molecule has 3 unspecified atom stereocenters. The van der Waals surface area contributed by atoms with Gasteiger partial charge in [0.25, 0.3) is 0 Å². The molecular weight excluding hydrogens is 304 g/mol. The maximum Gasteiger partial charge on any atom is 0.0587 e. The Morgan fingerprint density at radius 3 is 2.84 bits per heavy atom. The van der Waals surface area contributed by atoms with Gasteiger partial charge in [-0.05, 0) is 37.4 Å². The summed E-state index contributed by atoms with van der Waals surface area (Å²) in [6.45, 7) is 3.36. The number of hydrogen-bond acceptors (Lipinski definition) is 3. The Labute approximate surface area is 123 Å². The lowest BCUT2D eigenvalue weighted by molar-refractivity contribution is 0.104. The molecule has 1 fully saturated rings. The zero-order chi connectivity index (χ0) is 13.8. The lowest BCUT2D eigenvalue weighted by atomic mass is 9.95. The Hall–Kier alpha value is -0.420. The van der Waals surface area contributed by atoms with Gasteiger partial charge in [0, 0.05) is 16.6 Å². The van der Waals surface area contributed by atoms with E-state index in [1.54, 1.807) is 0 Å². The Balaban J connectivity index is 2.33. The minimum atomic E-state index is 0.0887. The van der Waals surface area contributed by atoms with Gasteiger partial charge in [-0.3, -0.25) is 4.90 Å². The molecule has 1 aliphatic heterocycles. The minimum Gasteiger partial charge on any atom is -0.395 e. The van der Waals surface area contributed by atoms with Crippen LogP contribution in [-0.4, -0.2) is 35.2 Å². The molecule has 1 aromatic rings. The molecule has 4 heteroatoms. The van der Waals surface area contributed by atoms with Crippen LogP contribution in [0.2, 0.25) is 0 Å². The monoisotopic (exact) mass is 326 g/mol. The Bertz CT molecular complexity index is 413. The van der Waals surface area contributed by atoms with Crippen LogP contribution in [0.4, 0.5) is 0 Å². The van der Waals surface area contributed by atoms with Crippen LogP contribution in [0.15, 0.2) is 28.7 Å². The summed E-state index contributed by atoms with van der Waals surface area (Å²) in [7, 11) is 0. The van der Waals surface area contributed by atoms with E-state index in [0.29, 0.717) is 0 Å². The molecule has 1 aliphatic rings. The van der Waals surface area contributed by atoms with Crippen LogP contribution >= 0.6 is 15.9 Å². The SMILES string of the molecule is CCC(N)C(c1ccccc1Br)N1CCCC1CO. The van der Waals surface area contributed by atoms with E-state index in [1.165, 1.54) is 5.56 Å². The molecule has 0 bridgehead atoms. The Morgan fingerprint density at radius 1 is 1.47 bits per heavy atom. The molecule has 0 amide bonds. The van der Waals surface area contributed by atoms with Crippen molar-refractivity contribution < 1.29 is 5.11 Å². The van der Waals surface area contributed by atoms with Crippen LogP contribution in [-0.2, 0) is 0 Å². The lowest BCUT2D eigenvalue weighted by Crippen LogP contribution is -2.44. The Kier molecular flexibility index (Phi) is 5.39. The second kappa shape index (κ2) is 6.84. The molecular formula is C15H23BrN2O. The zero-order valence-electron chi connectivity index (χ0n) is 11.4. The van der Waals surface area contributed by atoms with Crippen molar-refractivity contribution in [2.75, 3.05) is 13.2 Å². The second-order valence-corrected chi connectivity index (χ2v) is 6.11. The van der Waals surface area contributed by atoms with Crippen LogP contribution in [0.5, 0.6) is 0 Å². The quantitative estimate of drug-likeness (QED) is 0.874. The average Bonchev–Trinajstić information content (AvgIpc) is 2.89. The first-order valence-corrected chi connectivity index (χ1v) is 7.85. The molecule has 0 radical (unpaired) electrons. The molecule has 1 aromatic carbocycles. The zero-order valence-corrected chi connectivity index (χ0v) is 13.0. The highest BCUT2D eigenvalue weighted by atomic mass is 79.9. The standard InChI is InChI=1S/C15H23BrN2O/c1-2-14(17)15(12-7-3-4-8-13(12)16)18-9-5-6-11(18)10-19/h3-4,7-8,11,14-15,19H,2,5-6,9-10,17H2,1H3. The predicted molar refractivity (Wildman–Crippen MR) is 82.0 cm³/mol. The van der Waals surface area contributed by atoms with Gasteiger partial charge in [0.15, 0.2) is 0 Å². The molecule has 1 saturated heterocycles. The molecule has 19 heavy (non-hydrogen) atoms. The fraction of sp³-hybridized carbons (Fsp3) is 0.600. The van der Waals surface area contributed by atoms with Gasteiger partial charge in [0.1, 0.15) is 0 Å². The average molecular weight is 327 g/mol. The molecule has 1 heterocycles. The third kappa shape index (κ3) is 3.19. The smallest absolute Gasteiger partial charge is 0.0587 e. The highest BCUT2D eigenvalue weighted by molar-refractivity contribution is 9.10. The second-order valence-electron chi connectivity index (χ2n) is 5.25. The van der Waals surface area contributed by atoms with Gasteiger partial charge >= 0.3 is 0 Å². The van der Waals surface area contributed by atoms with Gasteiger partial charge in [-0.2, -0.15) is 0 Å². The number of hydrogen-bond donors (Lipinski definition) is 2. The van der Waals surface area contributed by atoms with Gasteiger partial charge in [0.05, 0.1) is 12.6 Å². The number of aliphatic hydroxyl groups is 1. The van der Waals surface area contributed by atoms with Crippen LogP contribution in [0.1, 0.15) is 37.8 Å². The first-order chi connectivity index (χ1) is 9.19. The Morgan fingerprint density at radius 2 is 2.21 bits per heavy atom. The van der Waals surface area contributed by atoms with Crippen molar-refractivity contribution in [3.05, 3.63) is 34.3 Å². The molecule has 0 aromatic heterocycles. The number of aliphatic hydroxyl groups excluding tert-OH is 1. The van der Waals surface area contributed by atoms with Gasteiger partial charge in [-0.1, -0.05) is 41.1 Å². The lowest BCUT2D eigenvalue weighted by Gasteiger charge is -2.36. The van der Waals surface area contributed by atoms with Crippen molar-refractivity contribution >= 4 is 15.9 Å². The van der Waals surface area contributed by atoms with Crippen molar-refractivity contribution in [2.45, 2.75) is 44.3 Å². The highest BCUT2D eigenvalue weighted by Crippen LogP contribution is 2.35. The summed E-state index contributed by atoms with van der Waals surface area (Å²) >= 11 is 3.64. The summed E-state index contributed by atoms with van der Waals surface area (Å²) in [5, 5.41) is 9.56. The van der Waals surface area contributed by atoms with E-state index >= 15 is 0 Å².